The first kappa shape index (κ1) is 18.4. The van der Waals surface area contributed by atoms with Crippen LogP contribution in [0.25, 0.3) is 21.1 Å². The molecule has 2 aromatic heterocycles. The average molecular weight is 416 g/mol. The van der Waals surface area contributed by atoms with Crippen molar-refractivity contribution >= 4 is 53.3 Å². The summed E-state index contributed by atoms with van der Waals surface area (Å²) in [4.78, 5) is 17.2. The summed E-state index contributed by atoms with van der Waals surface area (Å²) in [6.07, 6.45) is 1.15. The van der Waals surface area contributed by atoms with E-state index in [4.69, 9.17) is 4.74 Å². The van der Waals surface area contributed by atoms with E-state index in [1.165, 1.54) is 17.4 Å². The zero-order valence-corrected chi connectivity index (χ0v) is 16.9. The smallest absolute Gasteiger partial charge is 0.257 e. The summed E-state index contributed by atoms with van der Waals surface area (Å²) >= 11 is 1.22. The lowest BCUT2D eigenvalue weighted by molar-refractivity contribution is 0.102. The molecule has 8 nitrogen and oxygen atoms in total. The number of aryl methyl sites for hydroxylation is 1. The number of nitrogens with zero attached hydrogens (tertiary/aromatic N) is 3. The Morgan fingerprint density at radius 3 is 2.68 bits per heavy atom. The zero-order chi connectivity index (χ0) is 20.1. The van der Waals surface area contributed by atoms with Crippen LogP contribution < -0.4 is 10.1 Å². The van der Waals surface area contributed by atoms with Crippen molar-refractivity contribution in [2.75, 3.05) is 18.7 Å². The number of rotatable bonds is 4. The quantitative estimate of drug-likeness (QED) is 0.549. The van der Waals surface area contributed by atoms with E-state index in [9.17, 15) is 13.2 Å². The van der Waals surface area contributed by atoms with Gasteiger partial charge >= 0.3 is 0 Å². The second-order valence-electron chi connectivity index (χ2n) is 6.24. The van der Waals surface area contributed by atoms with Gasteiger partial charge in [-0.25, -0.2) is 18.1 Å². The largest absolute Gasteiger partial charge is 0.481 e. The molecule has 4 rings (SSSR count). The van der Waals surface area contributed by atoms with Gasteiger partial charge in [0.1, 0.15) is 0 Å². The molecule has 0 aliphatic rings. The van der Waals surface area contributed by atoms with Crippen molar-refractivity contribution < 1.29 is 17.9 Å². The van der Waals surface area contributed by atoms with Crippen molar-refractivity contribution in [3.05, 3.63) is 42.0 Å². The summed E-state index contributed by atoms with van der Waals surface area (Å²) in [5.74, 6) is 0.295. The predicted molar refractivity (Wildman–Crippen MR) is 108 cm³/mol. The Morgan fingerprint density at radius 2 is 1.96 bits per heavy atom. The Bertz CT molecular complexity index is 1340. The molecule has 10 heteroatoms. The first-order valence-corrected chi connectivity index (χ1v) is 10.9. The number of aromatic nitrogens is 3. The van der Waals surface area contributed by atoms with Crippen molar-refractivity contribution in [1.82, 2.24) is 14.8 Å². The number of carbonyl (C=O) groups excluding carboxylic acids is 1. The van der Waals surface area contributed by atoms with Gasteiger partial charge in [-0.1, -0.05) is 11.3 Å². The third kappa shape index (κ3) is 3.20. The third-order valence-corrected chi connectivity index (χ3v) is 6.29. The molecular weight excluding hydrogens is 400 g/mol. The normalized spacial score (nSPS) is 11.8. The highest BCUT2D eigenvalue weighted by molar-refractivity contribution is 7.90. The van der Waals surface area contributed by atoms with E-state index >= 15 is 0 Å². The number of hydrogen-bond acceptors (Lipinski definition) is 7. The fourth-order valence-electron chi connectivity index (χ4n) is 2.92. The van der Waals surface area contributed by atoms with E-state index in [1.807, 2.05) is 0 Å². The second kappa shape index (κ2) is 6.57. The lowest BCUT2D eigenvalue weighted by Crippen LogP contribution is -2.11. The van der Waals surface area contributed by atoms with Crippen molar-refractivity contribution in [2.45, 2.75) is 4.90 Å². The van der Waals surface area contributed by atoms with Crippen LogP contribution in [-0.2, 0) is 16.9 Å². The van der Waals surface area contributed by atoms with Gasteiger partial charge in [0.05, 0.1) is 33.1 Å². The number of carbonyl (C=O) groups is 1. The SMILES string of the molecule is COc1c2ccc(C(=O)Nc3nc4ccc(S(C)(=O)=O)cc4s3)cc2nn1C. The third-order valence-electron chi connectivity index (χ3n) is 4.24. The van der Waals surface area contributed by atoms with Crippen LogP contribution in [0.3, 0.4) is 0 Å². The number of thiazole rings is 1. The topological polar surface area (TPSA) is 103 Å². The number of benzene rings is 2. The van der Waals surface area contributed by atoms with Crippen LogP contribution >= 0.6 is 11.3 Å². The van der Waals surface area contributed by atoms with Crippen molar-refractivity contribution in [2.24, 2.45) is 7.05 Å². The molecule has 1 amide bonds. The first-order chi connectivity index (χ1) is 13.3. The second-order valence-corrected chi connectivity index (χ2v) is 9.29. The molecule has 0 bridgehead atoms. The molecule has 0 atom stereocenters. The van der Waals surface area contributed by atoms with Crippen LogP contribution in [0.5, 0.6) is 5.88 Å². The summed E-state index contributed by atoms with van der Waals surface area (Å²) in [5, 5.41) is 8.31. The Labute approximate surface area is 164 Å². The number of methoxy groups -OCH3 is 1. The lowest BCUT2D eigenvalue weighted by Gasteiger charge is -2.02. The van der Waals surface area contributed by atoms with Crippen LogP contribution in [0.15, 0.2) is 41.3 Å². The standard InChI is InChI=1S/C18H16N4O4S2/c1-22-17(26-2)12-6-4-10(8-14(12)21-22)16(23)20-18-19-13-7-5-11(28(3,24)25)9-15(13)27-18/h4-9H,1-3H3,(H,19,20,23). The first-order valence-electron chi connectivity index (χ1n) is 8.19. The van der Waals surface area contributed by atoms with Gasteiger partial charge in [0, 0.05) is 18.9 Å². The van der Waals surface area contributed by atoms with Crippen molar-refractivity contribution in [1.29, 1.82) is 0 Å². The Balaban J connectivity index is 1.63. The lowest BCUT2D eigenvalue weighted by atomic mass is 10.1. The van der Waals surface area contributed by atoms with E-state index < -0.39 is 9.84 Å². The molecule has 144 valence electrons. The van der Waals surface area contributed by atoms with Gasteiger partial charge in [-0.05, 0) is 36.4 Å². The molecule has 0 spiro atoms. The van der Waals surface area contributed by atoms with Crippen LogP contribution in [0.2, 0.25) is 0 Å². The number of ether oxygens (including phenoxy) is 1. The molecule has 0 saturated heterocycles. The van der Waals surface area contributed by atoms with Crippen LogP contribution in [0, 0.1) is 0 Å². The maximum Gasteiger partial charge on any atom is 0.257 e. The molecule has 28 heavy (non-hydrogen) atoms. The van der Waals surface area contributed by atoms with E-state index in [0.29, 0.717) is 32.3 Å². The van der Waals surface area contributed by atoms with Crippen LogP contribution in [0.1, 0.15) is 10.4 Å². The number of hydrogen-bond donors (Lipinski definition) is 1. The summed E-state index contributed by atoms with van der Waals surface area (Å²) in [5.41, 5.74) is 1.70. The maximum absolute atomic E-state index is 12.6. The van der Waals surface area contributed by atoms with E-state index in [-0.39, 0.29) is 10.8 Å². The molecule has 0 radical (unpaired) electrons. The van der Waals surface area contributed by atoms with Crippen molar-refractivity contribution in [3.8, 4) is 5.88 Å². The minimum Gasteiger partial charge on any atom is -0.481 e. The molecule has 0 unspecified atom stereocenters. The van der Waals surface area contributed by atoms with Gasteiger partial charge in [-0.3, -0.25) is 10.1 Å². The minimum absolute atomic E-state index is 0.219. The Kier molecular flexibility index (Phi) is 4.31. The average Bonchev–Trinajstić information content (AvgIpc) is 3.18. The van der Waals surface area contributed by atoms with Gasteiger partial charge < -0.3 is 4.74 Å². The molecule has 2 aromatic carbocycles. The highest BCUT2D eigenvalue weighted by atomic mass is 32.2. The molecule has 0 aliphatic heterocycles. The Hall–Kier alpha value is -2.98. The number of nitrogens with one attached hydrogen (secondary N) is 1. The van der Waals surface area contributed by atoms with Gasteiger partial charge in [0.25, 0.3) is 5.91 Å². The van der Waals surface area contributed by atoms with Gasteiger partial charge in [-0.2, -0.15) is 5.10 Å². The molecule has 1 N–H and O–H groups in total. The zero-order valence-electron chi connectivity index (χ0n) is 15.3. The van der Waals surface area contributed by atoms with Crippen LogP contribution in [0.4, 0.5) is 5.13 Å². The molecule has 0 aliphatic carbocycles. The van der Waals surface area contributed by atoms with Crippen LogP contribution in [-0.4, -0.2) is 42.5 Å². The van der Waals surface area contributed by atoms with Gasteiger partial charge in [0.2, 0.25) is 5.88 Å². The van der Waals surface area contributed by atoms with Crippen molar-refractivity contribution in [3.63, 3.8) is 0 Å². The predicted octanol–water partition coefficient (Wildman–Crippen LogP) is 2.85. The van der Waals surface area contributed by atoms with E-state index in [2.05, 4.69) is 15.4 Å². The molecule has 2 heterocycles. The fourth-order valence-corrected chi connectivity index (χ4v) is 4.54. The monoisotopic (exact) mass is 416 g/mol. The summed E-state index contributed by atoms with van der Waals surface area (Å²) in [7, 11) is 0.0339. The number of sulfone groups is 1. The Morgan fingerprint density at radius 1 is 1.18 bits per heavy atom. The summed E-state index contributed by atoms with van der Waals surface area (Å²) < 4.78 is 31.0. The van der Waals surface area contributed by atoms with Gasteiger partial charge in [-0.15, -0.1) is 0 Å². The molecule has 0 fully saturated rings. The molecular formula is C18H16N4O4S2. The number of anilines is 1. The number of fused-ring (bicyclic) bond motifs is 2. The van der Waals surface area contributed by atoms with Gasteiger partial charge in [0.15, 0.2) is 15.0 Å². The highest BCUT2D eigenvalue weighted by Crippen LogP contribution is 2.29. The number of amides is 1. The van der Waals surface area contributed by atoms with E-state index in [0.717, 1.165) is 11.6 Å². The highest BCUT2D eigenvalue weighted by Gasteiger charge is 2.15. The van der Waals surface area contributed by atoms with E-state index in [1.54, 1.807) is 49.2 Å². The molecule has 0 saturated carbocycles. The molecule has 4 aromatic rings. The summed E-state index contributed by atoms with van der Waals surface area (Å²) in [6, 6.07) is 9.85. The minimum atomic E-state index is -3.30. The fraction of sp³-hybridized carbons (Fsp3) is 0.167. The maximum atomic E-state index is 12.6. The summed E-state index contributed by atoms with van der Waals surface area (Å²) in [6.45, 7) is 0.